The highest BCUT2D eigenvalue weighted by Gasteiger charge is 2.16. The molecule has 2 N–H and O–H groups in total. The van der Waals surface area contributed by atoms with Gasteiger partial charge in [-0.1, -0.05) is 36.4 Å². The molecule has 0 spiro atoms. The summed E-state index contributed by atoms with van der Waals surface area (Å²) in [7, 11) is 0. The number of rotatable bonds is 4. The molecule has 0 amide bonds. The molecule has 1 fully saturated rings. The fourth-order valence-electron chi connectivity index (χ4n) is 2.62. The van der Waals surface area contributed by atoms with Gasteiger partial charge < -0.3 is 15.2 Å². The molecule has 3 rings (SSSR count). The Morgan fingerprint density at radius 3 is 2.65 bits per heavy atom. The van der Waals surface area contributed by atoms with Crippen LogP contribution in [0.15, 0.2) is 42.5 Å². The van der Waals surface area contributed by atoms with Crippen LogP contribution in [0.2, 0.25) is 0 Å². The maximum atomic E-state index is 6.25. The van der Waals surface area contributed by atoms with Gasteiger partial charge in [0.15, 0.2) is 0 Å². The van der Waals surface area contributed by atoms with E-state index in [0.717, 1.165) is 31.6 Å². The fraction of sp³-hybridized carbons (Fsp3) is 0.412. The lowest BCUT2D eigenvalue weighted by molar-refractivity contribution is -0.0358. The van der Waals surface area contributed by atoms with Crippen molar-refractivity contribution in [3.05, 3.63) is 48.0 Å². The Balaban J connectivity index is 1.64. The molecule has 1 unspecified atom stereocenters. The van der Waals surface area contributed by atoms with Crippen molar-refractivity contribution in [2.75, 3.05) is 19.8 Å². The van der Waals surface area contributed by atoms with E-state index >= 15 is 0 Å². The molecule has 20 heavy (non-hydrogen) atoms. The van der Waals surface area contributed by atoms with Crippen LogP contribution in [0.3, 0.4) is 0 Å². The van der Waals surface area contributed by atoms with E-state index in [9.17, 15) is 0 Å². The van der Waals surface area contributed by atoms with E-state index in [1.54, 1.807) is 0 Å². The average Bonchev–Trinajstić information content (AvgIpc) is 2.53. The van der Waals surface area contributed by atoms with Crippen LogP contribution in [0.4, 0.5) is 0 Å². The lowest BCUT2D eigenvalue weighted by atomic mass is 10.0. The summed E-state index contributed by atoms with van der Waals surface area (Å²) in [5.41, 5.74) is 7.38. The minimum Gasteiger partial charge on any atom is -0.381 e. The first-order chi connectivity index (χ1) is 9.83. The second-order valence-corrected chi connectivity index (χ2v) is 5.36. The van der Waals surface area contributed by atoms with Crippen LogP contribution >= 0.6 is 0 Å². The molecule has 1 heterocycles. The predicted octanol–water partition coefficient (Wildman–Crippen LogP) is 3.04. The molecule has 0 aromatic heterocycles. The van der Waals surface area contributed by atoms with Crippen molar-refractivity contribution >= 4 is 10.8 Å². The number of hydrogen-bond acceptors (Lipinski definition) is 3. The van der Waals surface area contributed by atoms with Crippen molar-refractivity contribution in [3.8, 4) is 0 Å². The first-order valence-electron chi connectivity index (χ1n) is 7.26. The SMILES string of the molecule is NC(COC1CCOCC1)c1ccc2ccccc2c1. The van der Waals surface area contributed by atoms with Gasteiger partial charge in [0.2, 0.25) is 0 Å². The molecule has 0 aliphatic carbocycles. The Labute approximate surface area is 119 Å². The highest BCUT2D eigenvalue weighted by molar-refractivity contribution is 5.83. The third-order valence-electron chi connectivity index (χ3n) is 3.88. The quantitative estimate of drug-likeness (QED) is 0.929. The first-order valence-corrected chi connectivity index (χ1v) is 7.26. The highest BCUT2D eigenvalue weighted by Crippen LogP contribution is 2.20. The van der Waals surface area contributed by atoms with Gasteiger partial charge in [-0.3, -0.25) is 0 Å². The summed E-state index contributed by atoms with van der Waals surface area (Å²) < 4.78 is 11.2. The predicted molar refractivity (Wildman–Crippen MR) is 80.7 cm³/mol. The molecule has 1 atom stereocenters. The average molecular weight is 271 g/mol. The molecule has 0 saturated carbocycles. The summed E-state index contributed by atoms with van der Waals surface area (Å²) >= 11 is 0. The zero-order chi connectivity index (χ0) is 13.8. The lowest BCUT2D eigenvalue weighted by Gasteiger charge is -2.24. The van der Waals surface area contributed by atoms with Gasteiger partial charge >= 0.3 is 0 Å². The van der Waals surface area contributed by atoms with Crippen molar-refractivity contribution in [1.82, 2.24) is 0 Å². The monoisotopic (exact) mass is 271 g/mol. The Hall–Kier alpha value is -1.42. The molecule has 0 bridgehead atoms. The van der Waals surface area contributed by atoms with E-state index in [1.807, 2.05) is 0 Å². The second-order valence-electron chi connectivity index (χ2n) is 5.36. The van der Waals surface area contributed by atoms with Crippen LogP contribution in [-0.4, -0.2) is 25.9 Å². The molecule has 1 aliphatic heterocycles. The van der Waals surface area contributed by atoms with Crippen molar-refractivity contribution < 1.29 is 9.47 Å². The number of benzene rings is 2. The first kappa shape index (κ1) is 13.6. The second kappa shape index (κ2) is 6.35. The number of nitrogens with two attached hydrogens (primary N) is 1. The van der Waals surface area contributed by atoms with Gasteiger partial charge in [0.1, 0.15) is 0 Å². The summed E-state index contributed by atoms with van der Waals surface area (Å²) in [6, 6.07) is 14.6. The summed E-state index contributed by atoms with van der Waals surface area (Å²) in [6.07, 6.45) is 2.25. The fourth-order valence-corrected chi connectivity index (χ4v) is 2.62. The van der Waals surface area contributed by atoms with E-state index < -0.39 is 0 Å². The maximum absolute atomic E-state index is 6.25. The molecule has 3 heteroatoms. The Morgan fingerprint density at radius 1 is 1.10 bits per heavy atom. The maximum Gasteiger partial charge on any atom is 0.0663 e. The molecule has 1 aliphatic rings. The summed E-state index contributed by atoms with van der Waals surface area (Å²) in [5.74, 6) is 0. The van der Waals surface area contributed by atoms with Crippen LogP contribution < -0.4 is 5.73 Å². The van der Waals surface area contributed by atoms with E-state index in [-0.39, 0.29) is 6.04 Å². The zero-order valence-electron chi connectivity index (χ0n) is 11.6. The van der Waals surface area contributed by atoms with Gasteiger partial charge in [-0.05, 0) is 35.2 Å². The van der Waals surface area contributed by atoms with Crippen LogP contribution in [0.25, 0.3) is 10.8 Å². The Bertz CT molecular complexity index is 564. The minimum atomic E-state index is -0.0672. The van der Waals surface area contributed by atoms with Crippen LogP contribution in [0, 0.1) is 0 Å². The van der Waals surface area contributed by atoms with Crippen molar-refractivity contribution in [2.24, 2.45) is 5.73 Å². The van der Waals surface area contributed by atoms with E-state index in [4.69, 9.17) is 15.2 Å². The normalized spacial score (nSPS) is 18.2. The molecular formula is C17H21NO2. The zero-order valence-corrected chi connectivity index (χ0v) is 11.6. The summed E-state index contributed by atoms with van der Waals surface area (Å²) in [4.78, 5) is 0. The molecule has 3 nitrogen and oxygen atoms in total. The topological polar surface area (TPSA) is 44.5 Å². The Morgan fingerprint density at radius 2 is 1.85 bits per heavy atom. The number of fused-ring (bicyclic) bond motifs is 1. The molecule has 2 aromatic rings. The number of hydrogen-bond donors (Lipinski definition) is 1. The largest absolute Gasteiger partial charge is 0.381 e. The standard InChI is InChI=1S/C17H21NO2/c18-17(12-20-16-7-9-19-10-8-16)15-6-5-13-3-1-2-4-14(13)11-15/h1-6,11,16-17H,7-10,12,18H2. The van der Waals surface area contributed by atoms with Crippen molar-refractivity contribution in [3.63, 3.8) is 0 Å². The summed E-state index contributed by atoms with van der Waals surface area (Å²) in [5, 5.41) is 2.47. The van der Waals surface area contributed by atoms with Gasteiger partial charge in [0.05, 0.1) is 18.8 Å². The van der Waals surface area contributed by atoms with Crippen molar-refractivity contribution in [2.45, 2.75) is 25.0 Å². The molecule has 2 aromatic carbocycles. The third-order valence-corrected chi connectivity index (χ3v) is 3.88. The van der Waals surface area contributed by atoms with Gasteiger partial charge in [-0.25, -0.2) is 0 Å². The van der Waals surface area contributed by atoms with Gasteiger partial charge in [0.25, 0.3) is 0 Å². The van der Waals surface area contributed by atoms with E-state index in [0.29, 0.717) is 12.7 Å². The van der Waals surface area contributed by atoms with Crippen LogP contribution in [-0.2, 0) is 9.47 Å². The Kier molecular flexibility index (Phi) is 4.31. The van der Waals surface area contributed by atoms with E-state index in [2.05, 4.69) is 42.5 Å². The van der Waals surface area contributed by atoms with Crippen molar-refractivity contribution in [1.29, 1.82) is 0 Å². The van der Waals surface area contributed by atoms with E-state index in [1.165, 1.54) is 10.8 Å². The summed E-state index contributed by atoms with van der Waals surface area (Å²) in [6.45, 7) is 2.18. The number of ether oxygens (including phenoxy) is 2. The van der Waals surface area contributed by atoms with Gasteiger partial charge in [0, 0.05) is 13.2 Å². The third kappa shape index (κ3) is 3.18. The van der Waals surface area contributed by atoms with Gasteiger partial charge in [-0.15, -0.1) is 0 Å². The molecule has 1 saturated heterocycles. The lowest BCUT2D eigenvalue weighted by Crippen LogP contribution is -2.27. The van der Waals surface area contributed by atoms with Crippen LogP contribution in [0.1, 0.15) is 24.4 Å². The van der Waals surface area contributed by atoms with Gasteiger partial charge in [-0.2, -0.15) is 0 Å². The smallest absolute Gasteiger partial charge is 0.0663 e. The molecule has 106 valence electrons. The molecule has 0 radical (unpaired) electrons. The highest BCUT2D eigenvalue weighted by atomic mass is 16.5. The molecular weight excluding hydrogens is 250 g/mol. The van der Waals surface area contributed by atoms with Crippen LogP contribution in [0.5, 0.6) is 0 Å². The minimum absolute atomic E-state index is 0.0672.